The van der Waals surface area contributed by atoms with E-state index in [1.165, 1.54) is 48.5 Å². The van der Waals surface area contributed by atoms with E-state index < -0.39 is 48.4 Å². The third-order valence-electron chi connectivity index (χ3n) is 6.11. The van der Waals surface area contributed by atoms with E-state index in [1.807, 2.05) is 0 Å². The van der Waals surface area contributed by atoms with Gasteiger partial charge in [0.25, 0.3) is 10.1 Å². The topological polar surface area (TPSA) is 253 Å². The van der Waals surface area contributed by atoms with Gasteiger partial charge in [-0.05, 0) is 70.4 Å². The number of para-hydroxylation sites is 1. The van der Waals surface area contributed by atoms with Gasteiger partial charge < -0.3 is 24.9 Å². The molecule has 0 aliphatic heterocycles. The van der Waals surface area contributed by atoms with Crippen molar-refractivity contribution in [3.05, 3.63) is 89.7 Å². The van der Waals surface area contributed by atoms with E-state index in [4.69, 9.17) is 11.6 Å². The second kappa shape index (κ2) is 17.8. The molecular formula is C27H17ClN7Na3O9S2. The summed E-state index contributed by atoms with van der Waals surface area (Å²) in [6.07, 6.45) is 0. The summed E-state index contributed by atoms with van der Waals surface area (Å²) in [5, 5.41) is 34.3. The number of rotatable bonds is 10. The summed E-state index contributed by atoms with van der Waals surface area (Å²) in [6.45, 7) is 0. The van der Waals surface area contributed by atoms with E-state index in [1.54, 1.807) is 18.2 Å². The molecule has 0 bridgehead atoms. The molecule has 0 spiro atoms. The van der Waals surface area contributed by atoms with Gasteiger partial charge >= 0.3 is 88.7 Å². The van der Waals surface area contributed by atoms with Gasteiger partial charge in [0.2, 0.25) is 17.2 Å². The average Bonchev–Trinajstić information content (AvgIpc) is 2.98. The van der Waals surface area contributed by atoms with Crippen molar-refractivity contribution in [3.8, 4) is 5.75 Å². The van der Waals surface area contributed by atoms with Gasteiger partial charge in [0.1, 0.15) is 20.9 Å². The third kappa shape index (κ3) is 11.1. The summed E-state index contributed by atoms with van der Waals surface area (Å²) >= 11 is 6.08. The number of carboxylic acids is 1. The van der Waals surface area contributed by atoms with Crippen LogP contribution >= 0.6 is 11.6 Å². The molecule has 5 rings (SSSR count). The maximum Gasteiger partial charge on any atom is 1.00 e. The van der Waals surface area contributed by atoms with E-state index in [9.17, 15) is 40.9 Å². The number of halogens is 1. The molecule has 0 fully saturated rings. The van der Waals surface area contributed by atoms with Crippen LogP contribution in [0.4, 0.5) is 34.6 Å². The molecule has 0 saturated carbocycles. The average molecular weight is 752 g/mol. The normalized spacial score (nSPS) is 11.2. The Balaban J connectivity index is 0.00000278. The number of aromatic carboxylic acids is 1. The van der Waals surface area contributed by atoms with Crippen molar-refractivity contribution in [1.82, 2.24) is 15.0 Å². The summed E-state index contributed by atoms with van der Waals surface area (Å²) in [7, 11) is -9.82. The molecule has 1 aromatic heterocycles. The zero-order chi connectivity index (χ0) is 33.2. The van der Waals surface area contributed by atoms with Crippen LogP contribution < -0.4 is 109 Å². The number of nitrogens with zero attached hydrogens (tertiary/aromatic N) is 6. The van der Waals surface area contributed by atoms with Crippen molar-refractivity contribution in [2.45, 2.75) is 4.90 Å². The first-order chi connectivity index (χ1) is 21.7. The Morgan fingerprint density at radius 3 is 2.22 bits per heavy atom. The number of carboxylic acid groups (broad SMARTS) is 1. The Morgan fingerprint density at radius 2 is 1.59 bits per heavy atom. The predicted molar refractivity (Wildman–Crippen MR) is 159 cm³/mol. The van der Waals surface area contributed by atoms with Gasteiger partial charge in [-0.3, -0.25) is 9.45 Å². The summed E-state index contributed by atoms with van der Waals surface area (Å²) in [6, 6.07) is 17.9. The second-order valence-corrected chi connectivity index (χ2v) is 12.4. The van der Waals surface area contributed by atoms with Crippen molar-refractivity contribution in [2.75, 3.05) is 16.1 Å². The van der Waals surface area contributed by atoms with Crippen molar-refractivity contribution >= 4 is 83.2 Å². The van der Waals surface area contributed by atoms with Crippen LogP contribution in [-0.4, -0.2) is 52.7 Å². The van der Waals surface area contributed by atoms with E-state index in [2.05, 4.69) is 30.5 Å². The van der Waals surface area contributed by atoms with Gasteiger partial charge in [-0.2, -0.15) is 28.5 Å². The van der Waals surface area contributed by atoms with E-state index in [-0.39, 0.29) is 139 Å². The monoisotopic (exact) mass is 751 g/mol. The van der Waals surface area contributed by atoms with E-state index in [0.29, 0.717) is 0 Å². The summed E-state index contributed by atoms with van der Waals surface area (Å²) in [5.74, 6) is -3.93. The largest absolute Gasteiger partial charge is 1.00 e. The number of hydrogen-bond acceptors (Lipinski definition) is 15. The first-order valence-electron chi connectivity index (χ1n) is 12.6. The molecule has 0 amide bonds. The quantitative estimate of drug-likeness (QED) is 0.0766. The summed E-state index contributed by atoms with van der Waals surface area (Å²) in [4.78, 5) is 23.3. The van der Waals surface area contributed by atoms with Gasteiger partial charge in [-0.1, -0.05) is 42.1 Å². The fourth-order valence-electron chi connectivity index (χ4n) is 4.17. The molecule has 236 valence electrons. The van der Waals surface area contributed by atoms with Crippen LogP contribution in [0, 0.1) is 0 Å². The zero-order valence-corrected chi connectivity index (χ0v) is 34.2. The summed E-state index contributed by atoms with van der Waals surface area (Å²) < 4.78 is 69.3. The van der Waals surface area contributed by atoms with Crippen LogP contribution in [0.1, 0.15) is 10.4 Å². The number of nitrogens with one attached hydrogen (secondary N) is 1. The predicted octanol–water partition coefficient (Wildman–Crippen LogP) is -5.83. The fraction of sp³-hybridized carbons (Fsp3) is 0.0370. The standard InChI is InChI=1S/C27H20ClN7O9S2.3Na/c28-25-30-26(32-27(31-25)35(14-45(39,40)41)19-7-2-1-3-8-19)29-17-9-10-20-16(12-17)13-21(46(42,43)44)22(23(20)36)34-33-18-6-4-5-15(11-18)24(37)38;;;/h1-13,36H,14H2,(H,37,38)(H,39,40,41)(H,42,43,44)(H,29,30,31,32);;;/q;3*+1/p-3. The number of aromatic nitrogens is 3. The molecule has 0 radical (unpaired) electrons. The number of anilines is 4. The van der Waals surface area contributed by atoms with Crippen LogP contribution in [0.25, 0.3) is 10.8 Å². The van der Waals surface area contributed by atoms with E-state index in [0.717, 1.165) is 17.0 Å². The molecule has 4 aromatic carbocycles. The number of azo groups is 1. The molecule has 2 N–H and O–H groups in total. The Morgan fingerprint density at radius 1 is 0.898 bits per heavy atom. The number of carbonyl (C=O) groups excluding carboxylic acids is 1. The van der Waals surface area contributed by atoms with Crippen LogP contribution in [-0.2, 0) is 20.2 Å². The summed E-state index contributed by atoms with van der Waals surface area (Å²) in [5.41, 5.74) is -0.533. The van der Waals surface area contributed by atoms with E-state index >= 15 is 0 Å². The molecule has 49 heavy (non-hydrogen) atoms. The minimum Gasteiger partial charge on any atom is -0.871 e. The maximum absolute atomic E-state index is 13.3. The van der Waals surface area contributed by atoms with Crippen molar-refractivity contribution in [1.29, 1.82) is 0 Å². The minimum absolute atomic E-state index is 0. The fourth-order valence-corrected chi connectivity index (χ4v) is 5.56. The second-order valence-electron chi connectivity index (χ2n) is 9.30. The van der Waals surface area contributed by atoms with Crippen molar-refractivity contribution < 1.29 is 130 Å². The number of benzene rings is 4. The molecule has 0 aliphatic rings. The minimum atomic E-state index is -5.02. The van der Waals surface area contributed by atoms with Gasteiger partial charge in [0, 0.05) is 11.4 Å². The Bertz CT molecular complexity index is 2250. The van der Waals surface area contributed by atoms with Gasteiger partial charge in [-0.15, -0.1) is 5.11 Å². The Labute approximate surface area is 350 Å². The zero-order valence-electron chi connectivity index (χ0n) is 25.8. The van der Waals surface area contributed by atoms with Crippen LogP contribution in [0.5, 0.6) is 5.75 Å². The van der Waals surface area contributed by atoms with Crippen molar-refractivity contribution in [3.63, 3.8) is 0 Å². The first kappa shape index (κ1) is 42.9. The molecule has 16 nitrogen and oxygen atoms in total. The first-order valence-corrected chi connectivity index (χ1v) is 16.0. The van der Waals surface area contributed by atoms with Crippen LogP contribution in [0.15, 0.2) is 94.0 Å². The Hall–Kier alpha value is -2.27. The molecule has 1 heterocycles. The van der Waals surface area contributed by atoms with Crippen LogP contribution in [0.2, 0.25) is 5.28 Å². The number of fused-ring (bicyclic) bond motifs is 1. The SMILES string of the molecule is O=C([O-])c1cccc(N=Nc2c(S(=O)(=O)O)cc3cc(Nc4nc(Cl)nc(N(CS(=O)(=O)[O-])c5ccccc5)n4)ccc3c2[O-])c1.[Na+].[Na+].[Na+]. The number of hydrogen-bond donors (Lipinski definition) is 2. The molecule has 5 aromatic rings. The molecule has 0 unspecified atom stereocenters. The smallest absolute Gasteiger partial charge is 0.871 e. The third-order valence-corrected chi connectivity index (χ3v) is 7.72. The molecule has 0 atom stereocenters. The van der Waals surface area contributed by atoms with Crippen LogP contribution in [0.3, 0.4) is 0 Å². The van der Waals surface area contributed by atoms with Gasteiger partial charge in [0.05, 0.1) is 17.3 Å². The molecule has 0 aliphatic carbocycles. The van der Waals surface area contributed by atoms with Gasteiger partial charge in [-0.25, -0.2) is 8.42 Å². The number of carbonyl (C=O) groups is 1. The molecule has 22 heteroatoms. The maximum atomic E-state index is 13.3. The molecular weight excluding hydrogens is 735 g/mol. The Kier molecular flexibility index (Phi) is 15.6. The van der Waals surface area contributed by atoms with Gasteiger partial charge in [0.15, 0.2) is 0 Å². The molecule has 0 saturated heterocycles. The van der Waals surface area contributed by atoms with Crippen molar-refractivity contribution in [2.24, 2.45) is 10.2 Å².